The van der Waals surface area contributed by atoms with Gasteiger partial charge in [0, 0.05) is 13.0 Å². The topological polar surface area (TPSA) is 64.4 Å². The first-order valence-electron chi connectivity index (χ1n) is 16.5. The van der Waals surface area contributed by atoms with Crippen LogP contribution >= 0.6 is 0 Å². The van der Waals surface area contributed by atoms with Crippen molar-refractivity contribution in [1.29, 1.82) is 0 Å². The first kappa shape index (κ1) is 33.4. The van der Waals surface area contributed by atoms with Crippen LogP contribution in [0.3, 0.4) is 0 Å². The van der Waals surface area contributed by atoms with Crippen LogP contribution in [0.5, 0.6) is 5.75 Å². The fraction of sp³-hybridized carbons (Fsp3) is 0.583. The van der Waals surface area contributed by atoms with Gasteiger partial charge in [-0.1, -0.05) is 104 Å². The van der Waals surface area contributed by atoms with Gasteiger partial charge in [-0.05, 0) is 55.7 Å². The summed E-state index contributed by atoms with van der Waals surface area (Å²) < 4.78 is 7.08. The molecule has 3 rings (SSSR count). The van der Waals surface area contributed by atoms with Gasteiger partial charge in [-0.15, -0.1) is 0 Å². The second-order valence-electron chi connectivity index (χ2n) is 11.5. The van der Waals surface area contributed by atoms with Crippen LogP contribution in [0.25, 0.3) is 16.6 Å². The largest absolute Gasteiger partial charge is 0.497 e. The fourth-order valence-electron chi connectivity index (χ4n) is 5.79. The molecule has 0 spiro atoms. The third-order valence-electron chi connectivity index (χ3n) is 8.26. The Hall–Kier alpha value is -3.15. The number of carbonyl (C=O) groups excluding carboxylic acids is 1. The first-order valence-corrected chi connectivity index (χ1v) is 16.5. The molecule has 0 fully saturated rings. The first-order chi connectivity index (χ1) is 20.5. The maximum atomic E-state index is 14.0. The van der Waals surface area contributed by atoms with Crippen LogP contribution in [0.1, 0.15) is 129 Å². The Kier molecular flexibility index (Phi) is 14.6. The van der Waals surface area contributed by atoms with Gasteiger partial charge in [0.25, 0.3) is 5.56 Å². The minimum Gasteiger partial charge on any atom is -0.497 e. The Labute approximate surface area is 253 Å². The number of unbranched alkanes of at least 4 members (excludes halogenated alkanes) is 11. The van der Waals surface area contributed by atoms with Crippen molar-refractivity contribution in [2.45, 2.75) is 123 Å². The van der Waals surface area contributed by atoms with Crippen LogP contribution in [-0.4, -0.2) is 34.0 Å². The third kappa shape index (κ3) is 9.43. The number of para-hydroxylation sites is 1. The highest BCUT2D eigenvalue weighted by Crippen LogP contribution is 2.28. The number of hydrogen-bond donors (Lipinski definition) is 0. The van der Waals surface area contributed by atoms with Gasteiger partial charge in [-0.25, -0.2) is 4.98 Å². The monoisotopic (exact) mass is 575 g/mol. The van der Waals surface area contributed by atoms with Gasteiger partial charge in [-0.3, -0.25) is 14.2 Å². The lowest BCUT2D eigenvalue weighted by Crippen LogP contribution is -2.39. The van der Waals surface area contributed by atoms with Crippen molar-refractivity contribution >= 4 is 16.8 Å². The molecule has 3 aromatic rings. The Morgan fingerprint density at radius 1 is 0.810 bits per heavy atom. The number of aromatic nitrogens is 2. The molecule has 1 atom stereocenters. The number of carbonyl (C=O) groups is 1. The Bertz CT molecular complexity index is 1270. The smallest absolute Gasteiger partial charge is 0.266 e. The van der Waals surface area contributed by atoms with Gasteiger partial charge in [-0.2, -0.15) is 0 Å². The summed E-state index contributed by atoms with van der Waals surface area (Å²) in [5, 5.41) is 0.572. The zero-order valence-electron chi connectivity index (χ0n) is 26.6. The van der Waals surface area contributed by atoms with E-state index in [-0.39, 0.29) is 17.5 Å². The summed E-state index contributed by atoms with van der Waals surface area (Å²) in [6.45, 7) is 7.23. The second kappa shape index (κ2) is 18.4. The van der Waals surface area contributed by atoms with Crippen LogP contribution in [-0.2, 0) is 4.79 Å². The zero-order chi connectivity index (χ0) is 30.2. The van der Waals surface area contributed by atoms with Crippen molar-refractivity contribution in [2.24, 2.45) is 0 Å². The minimum atomic E-state index is -0.294. The van der Waals surface area contributed by atoms with E-state index < -0.39 is 0 Å². The van der Waals surface area contributed by atoms with Crippen LogP contribution in [0, 0.1) is 0 Å². The predicted octanol–water partition coefficient (Wildman–Crippen LogP) is 9.18. The maximum absolute atomic E-state index is 14.0. The van der Waals surface area contributed by atoms with E-state index in [1.165, 1.54) is 44.9 Å². The van der Waals surface area contributed by atoms with E-state index in [2.05, 4.69) is 20.8 Å². The molecule has 6 heteroatoms. The third-order valence-corrected chi connectivity index (χ3v) is 8.26. The number of nitrogens with zero attached hydrogens (tertiary/aromatic N) is 3. The van der Waals surface area contributed by atoms with Gasteiger partial charge in [0.1, 0.15) is 11.6 Å². The number of methoxy groups -OCH3 is 1. The SMILES string of the molecule is CCCCCCCCCCCC(=O)N(CCCCCC)[C@H](CC)c1nc2ccccc2c(=O)n1-c1ccc(OC)cc1. The zero-order valence-corrected chi connectivity index (χ0v) is 26.6. The van der Waals surface area contributed by atoms with Crippen molar-refractivity contribution in [1.82, 2.24) is 14.5 Å². The quantitative estimate of drug-likeness (QED) is 0.126. The molecule has 42 heavy (non-hydrogen) atoms. The Morgan fingerprint density at radius 3 is 2.02 bits per heavy atom. The highest BCUT2D eigenvalue weighted by molar-refractivity contribution is 5.79. The maximum Gasteiger partial charge on any atom is 0.266 e. The summed E-state index contributed by atoms with van der Waals surface area (Å²) in [6.07, 6.45) is 16.6. The van der Waals surface area contributed by atoms with Gasteiger partial charge in [0.15, 0.2) is 0 Å². The van der Waals surface area contributed by atoms with Crippen LogP contribution in [0.15, 0.2) is 53.3 Å². The average Bonchev–Trinajstić information content (AvgIpc) is 3.02. The van der Waals surface area contributed by atoms with Gasteiger partial charge in [0.05, 0.1) is 29.7 Å². The lowest BCUT2D eigenvalue weighted by molar-refractivity contribution is -0.134. The van der Waals surface area contributed by atoms with Crippen molar-refractivity contribution in [3.63, 3.8) is 0 Å². The summed E-state index contributed by atoms with van der Waals surface area (Å²) in [5.74, 6) is 1.52. The molecule has 0 unspecified atom stereocenters. The predicted molar refractivity (Wildman–Crippen MR) is 175 cm³/mol. The van der Waals surface area contributed by atoms with E-state index in [0.29, 0.717) is 36.1 Å². The number of benzene rings is 2. The number of hydrogen-bond acceptors (Lipinski definition) is 4. The minimum absolute atomic E-state index is 0.114. The molecule has 0 saturated heterocycles. The Balaban J connectivity index is 1.88. The molecular formula is C36H53N3O3. The standard InChI is InChI=1S/C36H53N3O3/c1-5-8-10-12-13-14-15-16-17-23-34(40)38(28-20-11-9-6-2)33(7-3)35-37-32-22-19-18-21-31(32)36(41)39(35)29-24-26-30(42-4)27-25-29/h18-19,21-22,24-27,33H,5-17,20,23,28H2,1-4H3/t33-/m1/s1. The van der Waals surface area contributed by atoms with E-state index in [1.54, 1.807) is 11.7 Å². The summed E-state index contributed by atoms with van der Waals surface area (Å²) >= 11 is 0. The fourth-order valence-corrected chi connectivity index (χ4v) is 5.79. The molecule has 2 aromatic carbocycles. The van der Waals surface area contributed by atoms with Crippen molar-refractivity contribution in [3.05, 3.63) is 64.7 Å². The molecule has 0 aliphatic carbocycles. The number of ether oxygens (including phenoxy) is 1. The van der Waals surface area contributed by atoms with Crippen molar-refractivity contribution in [3.8, 4) is 11.4 Å². The lowest BCUT2D eigenvalue weighted by atomic mass is 10.0. The second-order valence-corrected chi connectivity index (χ2v) is 11.5. The molecule has 1 heterocycles. The molecule has 6 nitrogen and oxygen atoms in total. The highest BCUT2D eigenvalue weighted by Gasteiger charge is 2.28. The number of fused-ring (bicyclic) bond motifs is 1. The summed E-state index contributed by atoms with van der Waals surface area (Å²) in [7, 11) is 1.63. The molecule has 0 aliphatic rings. The molecule has 0 bridgehead atoms. The molecule has 0 saturated carbocycles. The van der Waals surface area contributed by atoms with E-state index in [9.17, 15) is 9.59 Å². The normalized spacial score (nSPS) is 12.0. The summed E-state index contributed by atoms with van der Waals surface area (Å²) in [6, 6.07) is 14.7. The molecule has 0 aliphatic heterocycles. The van der Waals surface area contributed by atoms with Crippen molar-refractivity contribution in [2.75, 3.05) is 13.7 Å². The van der Waals surface area contributed by atoms with Gasteiger partial charge >= 0.3 is 0 Å². The van der Waals surface area contributed by atoms with Crippen molar-refractivity contribution < 1.29 is 9.53 Å². The van der Waals surface area contributed by atoms with Gasteiger partial charge in [0.2, 0.25) is 5.91 Å². The van der Waals surface area contributed by atoms with Crippen LogP contribution in [0.4, 0.5) is 0 Å². The molecule has 1 aromatic heterocycles. The average molecular weight is 576 g/mol. The lowest BCUT2D eigenvalue weighted by Gasteiger charge is -2.32. The van der Waals surface area contributed by atoms with Gasteiger partial charge < -0.3 is 9.64 Å². The van der Waals surface area contributed by atoms with E-state index in [4.69, 9.17) is 9.72 Å². The number of amides is 1. The molecule has 1 amide bonds. The molecule has 0 N–H and O–H groups in total. The van der Waals surface area contributed by atoms with E-state index in [0.717, 1.165) is 50.0 Å². The van der Waals surface area contributed by atoms with E-state index >= 15 is 0 Å². The highest BCUT2D eigenvalue weighted by atomic mass is 16.5. The van der Waals surface area contributed by atoms with Crippen LogP contribution < -0.4 is 10.3 Å². The van der Waals surface area contributed by atoms with Crippen LogP contribution in [0.2, 0.25) is 0 Å². The number of rotatable bonds is 20. The Morgan fingerprint density at radius 2 is 1.40 bits per heavy atom. The summed E-state index contributed by atoms with van der Waals surface area (Å²) in [4.78, 5) is 34.9. The summed E-state index contributed by atoms with van der Waals surface area (Å²) in [5.41, 5.74) is 1.28. The van der Waals surface area contributed by atoms with E-state index in [1.807, 2.05) is 53.4 Å². The molecule has 230 valence electrons. The molecular weight excluding hydrogens is 522 g/mol. The molecule has 0 radical (unpaired) electrons.